The van der Waals surface area contributed by atoms with Gasteiger partial charge in [0, 0.05) is 12.2 Å². The van der Waals surface area contributed by atoms with Crippen molar-refractivity contribution in [1.82, 2.24) is 4.90 Å². The topological polar surface area (TPSA) is 66.8 Å². The zero-order chi connectivity index (χ0) is 20.6. The van der Waals surface area contributed by atoms with E-state index in [-0.39, 0.29) is 11.3 Å². The first-order chi connectivity index (χ1) is 14.1. The van der Waals surface area contributed by atoms with E-state index in [0.29, 0.717) is 24.5 Å². The molecule has 2 atom stereocenters. The molecule has 6 heteroatoms. The van der Waals surface area contributed by atoms with Gasteiger partial charge < -0.3 is 14.7 Å². The van der Waals surface area contributed by atoms with Gasteiger partial charge in [-0.05, 0) is 29.7 Å². The quantitative estimate of drug-likeness (QED) is 0.594. The standard InChI is InChI=1S/C23H27NO4S/c1-2-3-5-13-21(25)24-20(23(26)27)16-29-22(24)18-11-8-12-19(14-18)28-15-17-9-6-4-7-10-17/h4,6-12,14,20,22H,2-3,5,13,15-16H2,1H3,(H,26,27). The SMILES string of the molecule is CCCCCC(=O)N1C(C(=O)O)CSC1c1cccc(OCc2ccccc2)c1. The molecule has 2 aromatic rings. The fraction of sp³-hybridized carbons (Fsp3) is 0.391. The summed E-state index contributed by atoms with van der Waals surface area (Å²) in [6.07, 6.45) is 3.17. The molecule has 2 aromatic carbocycles. The number of rotatable bonds is 9. The second kappa shape index (κ2) is 10.3. The first-order valence-corrected chi connectivity index (χ1v) is 11.1. The Balaban J connectivity index is 1.74. The number of thioether (sulfide) groups is 1. The molecular formula is C23H27NO4S. The highest BCUT2D eigenvalue weighted by Crippen LogP contribution is 2.42. The summed E-state index contributed by atoms with van der Waals surface area (Å²) in [5.74, 6) is 0.0788. The molecule has 2 unspecified atom stereocenters. The fourth-order valence-corrected chi connectivity index (χ4v) is 4.84. The summed E-state index contributed by atoms with van der Waals surface area (Å²) in [5.41, 5.74) is 1.97. The number of ether oxygens (including phenoxy) is 1. The van der Waals surface area contributed by atoms with Crippen molar-refractivity contribution in [3.63, 3.8) is 0 Å². The largest absolute Gasteiger partial charge is 0.489 e. The van der Waals surface area contributed by atoms with Crippen molar-refractivity contribution in [2.75, 3.05) is 5.75 Å². The lowest BCUT2D eigenvalue weighted by Gasteiger charge is -2.28. The molecule has 0 aliphatic carbocycles. The van der Waals surface area contributed by atoms with Crippen molar-refractivity contribution in [3.8, 4) is 5.75 Å². The third-order valence-corrected chi connectivity index (χ3v) is 6.28. The van der Waals surface area contributed by atoms with Crippen LogP contribution in [-0.4, -0.2) is 33.7 Å². The Morgan fingerprint density at radius 3 is 2.66 bits per heavy atom. The lowest BCUT2D eigenvalue weighted by Crippen LogP contribution is -2.42. The van der Waals surface area contributed by atoms with Crippen molar-refractivity contribution >= 4 is 23.6 Å². The number of hydrogen-bond donors (Lipinski definition) is 1. The number of amides is 1. The smallest absolute Gasteiger partial charge is 0.327 e. The molecule has 0 spiro atoms. The molecule has 0 saturated carbocycles. The van der Waals surface area contributed by atoms with Crippen LogP contribution in [0.25, 0.3) is 0 Å². The maximum atomic E-state index is 12.8. The Kier molecular flexibility index (Phi) is 7.58. The molecule has 154 valence electrons. The number of carbonyl (C=O) groups excluding carboxylic acids is 1. The van der Waals surface area contributed by atoms with Crippen LogP contribution in [0, 0.1) is 0 Å². The molecule has 5 nitrogen and oxygen atoms in total. The number of aliphatic carboxylic acids is 1. The average Bonchev–Trinajstić information content (AvgIpc) is 3.19. The zero-order valence-electron chi connectivity index (χ0n) is 16.6. The molecule has 1 saturated heterocycles. The van der Waals surface area contributed by atoms with E-state index in [9.17, 15) is 14.7 Å². The molecule has 0 aromatic heterocycles. The number of carboxylic acid groups (broad SMARTS) is 1. The van der Waals surface area contributed by atoms with E-state index in [1.807, 2.05) is 54.6 Å². The summed E-state index contributed by atoms with van der Waals surface area (Å²) in [6.45, 7) is 2.54. The normalized spacial score (nSPS) is 18.6. The van der Waals surface area contributed by atoms with Crippen molar-refractivity contribution in [3.05, 3.63) is 65.7 Å². The summed E-state index contributed by atoms with van der Waals surface area (Å²) >= 11 is 1.50. The summed E-state index contributed by atoms with van der Waals surface area (Å²) in [7, 11) is 0. The van der Waals surface area contributed by atoms with Gasteiger partial charge in [-0.3, -0.25) is 4.79 Å². The average molecular weight is 414 g/mol. The van der Waals surface area contributed by atoms with Gasteiger partial charge in [0.05, 0.1) is 0 Å². The van der Waals surface area contributed by atoms with Gasteiger partial charge in [-0.15, -0.1) is 11.8 Å². The molecule has 0 bridgehead atoms. The minimum Gasteiger partial charge on any atom is -0.489 e. The summed E-state index contributed by atoms with van der Waals surface area (Å²) in [4.78, 5) is 26.1. The van der Waals surface area contributed by atoms with Crippen LogP contribution >= 0.6 is 11.8 Å². The van der Waals surface area contributed by atoms with Gasteiger partial charge in [-0.1, -0.05) is 62.2 Å². The number of benzene rings is 2. The van der Waals surface area contributed by atoms with Crippen LogP contribution in [0.5, 0.6) is 5.75 Å². The predicted molar refractivity (Wildman–Crippen MR) is 115 cm³/mol. The highest BCUT2D eigenvalue weighted by atomic mass is 32.2. The van der Waals surface area contributed by atoms with E-state index >= 15 is 0 Å². The Morgan fingerprint density at radius 1 is 1.14 bits per heavy atom. The third-order valence-electron chi connectivity index (χ3n) is 4.96. The van der Waals surface area contributed by atoms with Crippen molar-refractivity contribution in [2.45, 2.75) is 50.6 Å². The van der Waals surface area contributed by atoms with Crippen LogP contribution in [0.4, 0.5) is 0 Å². The maximum Gasteiger partial charge on any atom is 0.327 e. The Labute approximate surface area is 176 Å². The Morgan fingerprint density at radius 2 is 1.93 bits per heavy atom. The molecule has 1 N–H and O–H groups in total. The van der Waals surface area contributed by atoms with Gasteiger partial charge >= 0.3 is 5.97 Å². The molecule has 1 aliphatic rings. The van der Waals surface area contributed by atoms with Gasteiger partial charge in [0.15, 0.2) is 0 Å². The summed E-state index contributed by atoms with van der Waals surface area (Å²) in [5, 5.41) is 9.30. The van der Waals surface area contributed by atoms with Gasteiger partial charge in [-0.2, -0.15) is 0 Å². The first-order valence-electron chi connectivity index (χ1n) is 10.0. The fourth-order valence-electron chi connectivity index (χ4n) is 3.41. The lowest BCUT2D eigenvalue weighted by molar-refractivity contribution is -0.149. The Hall–Kier alpha value is -2.47. The molecule has 1 amide bonds. The van der Waals surface area contributed by atoms with E-state index in [4.69, 9.17) is 4.74 Å². The minimum atomic E-state index is -0.944. The predicted octanol–water partition coefficient (Wildman–Crippen LogP) is 4.87. The second-order valence-electron chi connectivity index (χ2n) is 7.14. The summed E-state index contributed by atoms with van der Waals surface area (Å²) < 4.78 is 5.91. The van der Waals surface area contributed by atoms with Crippen LogP contribution in [0.15, 0.2) is 54.6 Å². The highest BCUT2D eigenvalue weighted by Gasteiger charge is 2.42. The summed E-state index contributed by atoms with van der Waals surface area (Å²) in [6, 6.07) is 16.8. The van der Waals surface area contributed by atoms with Crippen LogP contribution in [0.2, 0.25) is 0 Å². The van der Waals surface area contributed by atoms with Crippen molar-refractivity contribution in [1.29, 1.82) is 0 Å². The minimum absolute atomic E-state index is 0.0866. The van der Waals surface area contributed by atoms with Gasteiger partial charge in [0.1, 0.15) is 23.8 Å². The van der Waals surface area contributed by atoms with E-state index in [0.717, 1.165) is 30.4 Å². The van der Waals surface area contributed by atoms with E-state index in [1.54, 1.807) is 4.90 Å². The third kappa shape index (κ3) is 5.54. The highest BCUT2D eigenvalue weighted by molar-refractivity contribution is 7.99. The van der Waals surface area contributed by atoms with Crippen molar-refractivity contribution in [2.24, 2.45) is 0 Å². The molecule has 29 heavy (non-hydrogen) atoms. The molecular weight excluding hydrogens is 386 g/mol. The van der Waals surface area contributed by atoms with Gasteiger partial charge in [0.2, 0.25) is 5.91 Å². The lowest BCUT2D eigenvalue weighted by atomic mass is 10.1. The van der Waals surface area contributed by atoms with E-state index in [2.05, 4.69) is 6.92 Å². The number of carbonyl (C=O) groups is 2. The van der Waals surface area contributed by atoms with Crippen LogP contribution in [-0.2, 0) is 16.2 Å². The number of hydrogen-bond acceptors (Lipinski definition) is 4. The number of unbranched alkanes of at least 4 members (excludes halogenated alkanes) is 2. The van der Waals surface area contributed by atoms with E-state index in [1.165, 1.54) is 11.8 Å². The molecule has 3 rings (SSSR count). The Bertz CT molecular complexity index is 827. The number of nitrogens with zero attached hydrogens (tertiary/aromatic N) is 1. The van der Waals surface area contributed by atoms with Gasteiger partial charge in [0.25, 0.3) is 0 Å². The second-order valence-corrected chi connectivity index (χ2v) is 8.26. The maximum absolute atomic E-state index is 12.8. The van der Waals surface area contributed by atoms with Crippen LogP contribution in [0.1, 0.15) is 49.1 Å². The molecule has 1 heterocycles. The van der Waals surface area contributed by atoms with E-state index < -0.39 is 12.0 Å². The van der Waals surface area contributed by atoms with Crippen molar-refractivity contribution < 1.29 is 19.4 Å². The first kappa shape index (κ1) is 21.2. The molecule has 1 aliphatic heterocycles. The zero-order valence-corrected chi connectivity index (χ0v) is 17.4. The molecule has 0 radical (unpaired) electrons. The van der Waals surface area contributed by atoms with Crippen LogP contribution in [0.3, 0.4) is 0 Å². The van der Waals surface area contributed by atoms with Crippen LogP contribution < -0.4 is 4.74 Å². The monoisotopic (exact) mass is 413 g/mol. The molecule has 1 fully saturated rings. The number of carboxylic acids is 1. The van der Waals surface area contributed by atoms with Gasteiger partial charge in [-0.25, -0.2) is 4.79 Å².